The fourth-order valence-electron chi connectivity index (χ4n) is 2.85. The van der Waals surface area contributed by atoms with Gasteiger partial charge in [-0.1, -0.05) is 6.92 Å². The highest BCUT2D eigenvalue weighted by molar-refractivity contribution is 7.89. The van der Waals surface area contributed by atoms with Crippen LogP contribution in [0.15, 0.2) is 23.1 Å². The van der Waals surface area contributed by atoms with Crippen molar-refractivity contribution in [1.29, 1.82) is 0 Å². The Labute approximate surface area is 131 Å². The maximum Gasteiger partial charge on any atom is 0.243 e. The molecule has 1 aliphatic heterocycles. The summed E-state index contributed by atoms with van der Waals surface area (Å²) >= 11 is 0. The molecule has 124 valence electrons. The molecule has 0 radical (unpaired) electrons. The number of piperazine rings is 1. The van der Waals surface area contributed by atoms with Crippen molar-refractivity contribution >= 4 is 10.0 Å². The number of sulfonamides is 1. The predicted molar refractivity (Wildman–Crippen MR) is 82.6 cm³/mol. The van der Waals surface area contributed by atoms with E-state index in [0.717, 1.165) is 6.42 Å². The van der Waals surface area contributed by atoms with Crippen molar-refractivity contribution in [1.82, 2.24) is 9.21 Å². The Morgan fingerprint density at radius 3 is 2.41 bits per heavy atom. The largest absolute Gasteiger partial charge is 0.395 e. The smallest absolute Gasteiger partial charge is 0.243 e. The average molecular weight is 330 g/mol. The first-order valence-electron chi connectivity index (χ1n) is 7.51. The van der Waals surface area contributed by atoms with Gasteiger partial charge in [0.25, 0.3) is 0 Å². The molecule has 1 atom stereocenters. The Hall–Kier alpha value is -1.02. The van der Waals surface area contributed by atoms with Gasteiger partial charge >= 0.3 is 0 Å². The van der Waals surface area contributed by atoms with E-state index in [2.05, 4.69) is 4.90 Å². The highest BCUT2D eigenvalue weighted by Gasteiger charge is 2.31. The van der Waals surface area contributed by atoms with Crippen molar-refractivity contribution in [2.45, 2.75) is 31.2 Å². The lowest BCUT2D eigenvalue weighted by atomic mass is 10.2. The molecule has 1 aromatic rings. The van der Waals surface area contributed by atoms with Gasteiger partial charge in [-0.15, -0.1) is 0 Å². The third-order valence-electron chi connectivity index (χ3n) is 4.23. The zero-order valence-corrected chi connectivity index (χ0v) is 13.8. The molecule has 1 aliphatic rings. The van der Waals surface area contributed by atoms with Crippen LogP contribution in [0.25, 0.3) is 0 Å². The molecular weight excluding hydrogens is 307 g/mol. The third-order valence-corrected chi connectivity index (χ3v) is 6.29. The van der Waals surface area contributed by atoms with E-state index in [-0.39, 0.29) is 17.5 Å². The Balaban J connectivity index is 2.13. The van der Waals surface area contributed by atoms with Gasteiger partial charge in [0.1, 0.15) is 5.82 Å². The molecule has 1 N–H and O–H groups in total. The fraction of sp³-hybridized carbons (Fsp3) is 0.600. The van der Waals surface area contributed by atoms with Crippen LogP contribution in [0.2, 0.25) is 0 Å². The van der Waals surface area contributed by atoms with Crippen molar-refractivity contribution in [2.75, 3.05) is 32.8 Å². The maximum atomic E-state index is 13.2. The van der Waals surface area contributed by atoms with Crippen molar-refractivity contribution in [3.8, 4) is 0 Å². The minimum atomic E-state index is -3.59. The predicted octanol–water partition coefficient (Wildman–Crippen LogP) is 1.21. The number of hydrogen-bond donors (Lipinski definition) is 1. The Kier molecular flexibility index (Phi) is 5.55. The van der Waals surface area contributed by atoms with E-state index >= 15 is 0 Å². The number of rotatable bonds is 5. The van der Waals surface area contributed by atoms with Crippen LogP contribution in [0.4, 0.5) is 4.39 Å². The molecule has 1 unspecified atom stereocenters. The Bertz CT molecular complexity index is 609. The van der Waals surface area contributed by atoms with E-state index < -0.39 is 15.8 Å². The fourth-order valence-corrected chi connectivity index (χ4v) is 4.48. The molecule has 0 saturated carbocycles. The lowest BCUT2D eigenvalue weighted by Crippen LogP contribution is -2.52. The number of aliphatic hydroxyl groups excluding tert-OH is 1. The van der Waals surface area contributed by atoms with Crippen LogP contribution >= 0.6 is 0 Å². The summed E-state index contributed by atoms with van der Waals surface area (Å²) in [6.07, 6.45) is 0.834. The minimum absolute atomic E-state index is 0.0809. The second kappa shape index (κ2) is 7.04. The number of nitrogens with zero attached hydrogens (tertiary/aromatic N) is 2. The van der Waals surface area contributed by atoms with Gasteiger partial charge in [0.05, 0.1) is 11.5 Å². The van der Waals surface area contributed by atoms with Crippen LogP contribution in [0.5, 0.6) is 0 Å². The van der Waals surface area contributed by atoms with E-state index in [1.807, 2.05) is 6.92 Å². The highest BCUT2D eigenvalue weighted by Crippen LogP contribution is 2.22. The van der Waals surface area contributed by atoms with Gasteiger partial charge in [0.15, 0.2) is 0 Å². The van der Waals surface area contributed by atoms with Crippen LogP contribution < -0.4 is 0 Å². The van der Waals surface area contributed by atoms with Crippen molar-refractivity contribution < 1.29 is 17.9 Å². The molecule has 0 aromatic heterocycles. The van der Waals surface area contributed by atoms with Crippen LogP contribution in [0, 0.1) is 12.7 Å². The lowest BCUT2D eigenvalue weighted by Gasteiger charge is -2.37. The van der Waals surface area contributed by atoms with Crippen LogP contribution in [-0.2, 0) is 10.0 Å². The molecule has 22 heavy (non-hydrogen) atoms. The normalized spacial score (nSPS) is 19.3. The zero-order valence-electron chi connectivity index (χ0n) is 13.0. The number of halogens is 1. The second-order valence-corrected chi connectivity index (χ2v) is 7.50. The summed E-state index contributed by atoms with van der Waals surface area (Å²) in [5, 5.41) is 9.34. The van der Waals surface area contributed by atoms with E-state index in [4.69, 9.17) is 0 Å². The first-order valence-corrected chi connectivity index (χ1v) is 8.95. The molecule has 2 rings (SSSR count). The molecule has 0 aliphatic carbocycles. The molecular formula is C15H23FN2O3S. The molecule has 7 heteroatoms. The maximum absolute atomic E-state index is 13.2. The Morgan fingerprint density at radius 2 is 1.91 bits per heavy atom. The van der Waals surface area contributed by atoms with Gasteiger partial charge in [-0.25, -0.2) is 12.8 Å². The summed E-state index contributed by atoms with van der Waals surface area (Å²) in [5.41, 5.74) is 0.421. The Morgan fingerprint density at radius 1 is 1.27 bits per heavy atom. The molecule has 1 fully saturated rings. The van der Waals surface area contributed by atoms with Gasteiger partial charge in [0.2, 0.25) is 10.0 Å². The third kappa shape index (κ3) is 3.48. The minimum Gasteiger partial charge on any atom is -0.395 e. The first-order chi connectivity index (χ1) is 10.4. The highest BCUT2D eigenvalue weighted by atomic mass is 32.2. The summed E-state index contributed by atoms with van der Waals surface area (Å²) in [4.78, 5) is 2.28. The lowest BCUT2D eigenvalue weighted by molar-refractivity contribution is 0.0881. The zero-order chi connectivity index (χ0) is 16.3. The van der Waals surface area contributed by atoms with Crippen LogP contribution in [0.1, 0.15) is 18.9 Å². The molecule has 0 amide bonds. The van der Waals surface area contributed by atoms with Crippen molar-refractivity contribution in [3.63, 3.8) is 0 Å². The van der Waals surface area contributed by atoms with E-state index in [0.29, 0.717) is 31.7 Å². The quantitative estimate of drug-likeness (QED) is 0.882. The van der Waals surface area contributed by atoms with Gasteiger partial charge in [0, 0.05) is 32.2 Å². The van der Waals surface area contributed by atoms with E-state index in [1.165, 1.54) is 22.5 Å². The van der Waals surface area contributed by atoms with Gasteiger partial charge < -0.3 is 5.11 Å². The van der Waals surface area contributed by atoms with Gasteiger partial charge in [-0.2, -0.15) is 4.31 Å². The number of hydrogen-bond acceptors (Lipinski definition) is 4. The summed E-state index contributed by atoms with van der Waals surface area (Å²) in [7, 11) is -3.59. The number of aliphatic hydroxyl groups is 1. The molecule has 5 nitrogen and oxygen atoms in total. The van der Waals surface area contributed by atoms with Crippen molar-refractivity contribution in [2.24, 2.45) is 0 Å². The monoisotopic (exact) mass is 330 g/mol. The second-order valence-electron chi connectivity index (χ2n) is 5.59. The molecule has 1 heterocycles. The van der Waals surface area contributed by atoms with Crippen LogP contribution in [-0.4, -0.2) is 61.6 Å². The number of aryl methyl sites for hydroxylation is 1. The molecule has 0 bridgehead atoms. The van der Waals surface area contributed by atoms with Gasteiger partial charge in [-0.05, 0) is 37.1 Å². The summed E-state index contributed by atoms with van der Waals surface area (Å²) in [6.45, 7) is 5.65. The molecule has 1 aromatic carbocycles. The first kappa shape index (κ1) is 17.3. The standard InChI is InChI=1S/C15H23FN2O3S/c1-3-14(11-19)17-6-8-18(9-7-17)22(20,21)15-5-4-13(16)10-12(15)2/h4-5,10,14,19H,3,6-9,11H2,1-2H3. The van der Waals surface area contributed by atoms with Crippen molar-refractivity contribution in [3.05, 3.63) is 29.6 Å². The molecule has 1 saturated heterocycles. The summed E-state index contributed by atoms with van der Waals surface area (Å²) in [6, 6.07) is 3.82. The topological polar surface area (TPSA) is 60.9 Å². The van der Waals surface area contributed by atoms with Crippen LogP contribution in [0.3, 0.4) is 0 Å². The van der Waals surface area contributed by atoms with E-state index in [1.54, 1.807) is 6.92 Å². The average Bonchev–Trinajstić information content (AvgIpc) is 2.48. The summed E-state index contributed by atoms with van der Waals surface area (Å²) < 4.78 is 39.9. The summed E-state index contributed by atoms with van der Waals surface area (Å²) in [5.74, 6) is -0.435. The van der Waals surface area contributed by atoms with Gasteiger partial charge in [-0.3, -0.25) is 4.90 Å². The van der Waals surface area contributed by atoms with E-state index in [9.17, 15) is 17.9 Å². The SMILES string of the molecule is CCC(CO)N1CCN(S(=O)(=O)c2ccc(F)cc2C)CC1. The number of benzene rings is 1. The molecule has 0 spiro atoms.